The van der Waals surface area contributed by atoms with Crippen LogP contribution in [-0.4, -0.2) is 30.8 Å². The van der Waals surface area contributed by atoms with E-state index in [1.165, 1.54) is 0 Å². The van der Waals surface area contributed by atoms with Gasteiger partial charge in [-0.1, -0.05) is 20.8 Å². The molecule has 1 saturated heterocycles. The van der Waals surface area contributed by atoms with Crippen molar-refractivity contribution in [2.75, 3.05) is 13.2 Å². The Morgan fingerprint density at radius 1 is 1.35 bits per heavy atom. The zero-order chi connectivity index (χ0) is 12.7. The van der Waals surface area contributed by atoms with Crippen LogP contribution in [0.2, 0.25) is 0 Å². The molecule has 1 rings (SSSR count). The first-order valence-corrected chi connectivity index (χ1v) is 6.84. The second kappa shape index (κ2) is 6.84. The summed E-state index contributed by atoms with van der Waals surface area (Å²) in [6.07, 6.45) is 4.84. The molecule has 2 N–H and O–H groups in total. The quantitative estimate of drug-likeness (QED) is 0.778. The number of urea groups is 1. The summed E-state index contributed by atoms with van der Waals surface area (Å²) in [6, 6.07) is 0.209. The summed E-state index contributed by atoms with van der Waals surface area (Å²) in [5.41, 5.74) is -0.0268. The fourth-order valence-electron chi connectivity index (χ4n) is 2.37. The molecule has 1 heterocycles. The van der Waals surface area contributed by atoms with Gasteiger partial charge in [-0.3, -0.25) is 0 Å². The van der Waals surface area contributed by atoms with Crippen molar-refractivity contribution in [2.45, 2.75) is 64.5 Å². The van der Waals surface area contributed by atoms with Crippen molar-refractivity contribution < 1.29 is 9.53 Å². The molecule has 4 heteroatoms. The Morgan fingerprint density at radius 2 is 2.06 bits per heavy atom. The van der Waals surface area contributed by atoms with Crippen LogP contribution < -0.4 is 10.6 Å². The van der Waals surface area contributed by atoms with Gasteiger partial charge in [0.05, 0.1) is 5.60 Å². The van der Waals surface area contributed by atoms with Crippen LogP contribution in [0.15, 0.2) is 0 Å². The summed E-state index contributed by atoms with van der Waals surface area (Å²) < 4.78 is 5.89. The third kappa shape index (κ3) is 4.19. The Hall–Kier alpha value is -0.770. The van der Waals surface area contributed by atoms with Crippen LogP contribution in [0.25, 0.3) is 0 Å². The average Bonchev–Trinajstić information content (AvgIpc) is 2.36. The molecule has 0 aromatic rings. The van der Waals surface area contributed by atoms with Gasteiger partial charge in [-0.05, 0) is 32.1 Å². The third-order valence-electron chi connectivity index (χ3n) is 3.65. The molecule has 2 amide bonds. The normalized spacial score (nSPS) is 23.1. The Bertz CT molecular complexity index is 240. The highest BCUT2D eigenvalue weighted by Crippen LogP contribution is 2.31. The Labute approximate surface area is 104 Å². The van der Waals surface area contributed by atoms with Gasteiger partial charge in [0, 0.05) is 19.2 Å². The zero-order valence-electron chi connectivity index (χ0n) is 11.3. The van der Waals surface area contributed by atoms with Gasteiger partial charge in [0.25, 0.3) is 0 Å². The first kappa shape index (κ1) is 14.3. The van der Waals surface area contributed by atoms with E-state index in [0.717, 1.165) is 45.3 Å². The van der Waals surface area contributed by atoms with Crippen LogP contribution >= 0.6 is 0 Å². The number of nitrogens with one attached hydrogen (secondary N) is 2. The Kier molecular flexibility index (Phi) is 5.75. The number of ether oxygens (including phenoxy) is 1. The lowest BCUT2D eigenvalue weighted by Crippen LogP contribution is -2.50. The van der Waals surface area contributed by atoms with Gasteiger partial charge in [-0.2, -0.15) is 0 Å². The van der Waals surface area contributed by atoms with Gasteiger partial charge in [0.2, 0.25) is 0 Å². The van der Waals surface area contributed by atoms with E-state index < -0.39 is 0 Å². The van der Waals surface area contributed by atoms with E-state index in [9.17, 15) is 4.79 Å². The van der Waals surface area contributed by atoms with Gasteiger partial charge in [-0.25, -0.2) is 4.79 Å². The van der Waals surface area contributed by atoms with Crippen molar-refractivity contribution in [2.24, 2.45) is 0 Å². The topological polar surface area (TPSA) is 50.4 Å². The molecule has 0 spiro atoms. The van der Waals surface area contributed by atoms with Crippen molar-refractivity contribution >= 4 is 6.03 Å². The van der Waals surface area contributed by atoms with E-state index in [2.05, 4.69) is 24.5 Å². The molecule has 0 aromatic carbocycles. The summed E-state index contributed by atoms with van der Waals surface area (Å²) in [5.74, 6) is 0. The average molecular weight is 242 g/mol. The van der Waals surface area contributed by atoms with Crippen molar-refractivity contribution in [1.29, 1.82) is 0 Å². The highest BCUT2D eigenvalue weighted by Gasteiger charge is 2.34. The molecule has 0 aliphatic carbocycles. The van der Waals surface area contributed by atoms with E-state index >= 15 is 0 Å². The highest BCUT2D eigenvalue weighted by atomic mass is 16.5. The number of hydrogen-bond acceptors (Lipinski definition) is 2. The summed E-state index contributed by atoms with van der Waals surface area (Å²) >= 11 is 0. The monoisotopic (exact) mass is 242 g/mol. The summed E-state index contributed by atoms with van der Waals surface area (Å²) in [7, 11) is 0. The lowest BCUT2D eigenvalue weighted by molar-refractivity contribution is -0.0915. The second-order valence-electron chi connectivity index (χ2n) is 4.83. The lowest BCUT2D eigenvalue weighted by atomic mass is 9.86. The number of carbonyl (C=O) groups is 1. The van der Waals surface area contributed by atoms with Crippen LogP contribution in [0.1, 0.15) is 52.9 Å². The van der Waals surface area contributed by atoms with Crippen molar-refractivity contribution in [3.05, 3.63) is 0 Å². The van der Waals surface area contributed by atoms with Crippen molar-refractivity contribution in [3.63, 3.8) is 0 Å². The van der Waals surface area contributed by atoms with Crippen LogP contribution in [0.3, 0.4) is 0 Å². The SMILES string of the molecule is CCCNC(=O)NC1CCOC(CC)(CC)C1. The molecule has 0 aromatic heterocycles. The maximum Gasteiger partial charge on any atom is 0.315 e. The van der Waals surface area contributed by atoms with E-state index in [1.54, 1.807) is 0 Å². The number of amides is 2. The Balaban J connectivity index is 2.41. The van der Waals surface area contributed by atoms with Crippen molar-refractivity contribution in [3.8, 4) is 0 Å². The maximum atomic E-state index is 11.6. The Morgan fingerprint density at radius 3 is 2.65 bits per heavy atom. The van der Waals surface area contributed by atoms with E-state index in [4.69, 9.17) is 4.74 Å². The lowest BCUT2D eigenvalue weighted by Gasteiger charge is -2.40. The van der Waals surface area contributed by atoms with Gasteiger partial charge < -0.3 is 15.4 Å². The van der Waals surface area contributed by atoms with E-state index in [-0.39, 0.29) is 17.7 Å². The number of hydrogen-bond donors (Lipinski definition) is 2. The molecule has 17 heavy (non-hydrogen) atoms. The fraction of sp³-hybridized carbons (Fsp3) is 0.923. The molecule has 4 nitrogen and oxygen atoms in total. The van der Waals surface area contributed by atoms with Crippen LogP contribution in [0.5, 0.6) is 0 Å². The fourth-order valence-corrected chi connectivity index (χ4v) is 2.37. The first-order chi connectivity index (χ1) is 8.15. The summed E-state index contributed by atoms with van der Waals surface area (Å²) in [4.78, 5) is 11.6. The minimum absolute atomic E-state index is 0.0268. The molecular formula is C13H26N2O2. The predicted molar refractivity (Wildman–Crippen MR) is 69.1 cm³/mol. The molecule has 1 atom stereocenters. The number of carbonyl (C=O) groups excluding carboxylic acids is 1. The smallest absolute Gasteiger partial charge is 0.315 e. The van der Waals surface area contributed by atoms with Gasteiger partial charge >= 0.3 is 6.03 Å². The van der Waals surface area contributed by atoms with E-state index in [0.29, 0.717) is 0 Å². The minimum atomic E-state index is -0.0418. The molecular weight excluding hydrogens is 216 g/mol. The number of rotatable bonds is 5. The van der Waals surface area contributed by atoms with Crippen molar-refractivity contribution in [1.82, 2.24) is 10.6 Å². The zero-order valence-corrected chi connectivity index (χ0v) is 11.3. The van der Waals surface area contributed by atoms with Crippen LogP contribution in [0.4, 0.5) is 4.79 Å². The molecule has 100 valence electrons. The van der Waals surface area contributed by atoms with Crippen LogP contribution in [-0.2, 0) is 4.74 Å². The van der Waals surface area contributed by atoms with E-state index in [1.807, 2.05) is 6.92 Å². The summed E-state index contributed by atoms with van der Waals surface area (Å²) in [6.45, 7) is 7.85. The van der Waals surface area contributed by atoms with Gasteiger partial charge in [0.15, 0.2) is 0 Å². The van der Waals surface area contributed by atoms with Crippen LogP contribution in [0, 0.1) is 0 Å². The van der Waals surface area contributed by atoms with Gasteiger partial charge in [-0.15, -0.1) is 0 Å². The maximum absolute atomic E-state index is 11.6. The molecule has 1 aliphatic rings. The molecule has 0 radical (unpaired) electrons. The second-order valence-corrected chi connectivity index (χ2v) is 4.83. The molecule has 0 saturated carbocycles. The molecule has 1 unspecified atom stereocenters. The van der Waals surface area contributed by atoms with Gasteiger partial charge in [0.1, 0.15) is 0 Å². The standard InChI is InChI=1S/C13H26N2O2/c1-4-8-14-12(16)15-11-7-9-17-13(5-2,6-3)10-11/h11H,4-10H2,1-3H3,(H2,14,15,16). The predicted octanol–water partition coefficient (Wildman–Crippen LogP) is 2.43. The highest BCUT2D eigenvalue weighted by molar-refractivity contribution is 5.74. The molecule has 0 bridgehead atoms. The molecule has 1 fully saturated rings. The first-order valence-electron chi connectivity index (χ1n) is 6.84. The summed E-state index contributed by atoms with van der Waals surface area (Å²) in [5, 5.41) is 5.90. The molecule has 1 aliphatic heterocycles. The minimum Gasteiger partial charge on any atom is -0.375 e. The third-order valence-corrected chi connectivity index (χ3v) is 3.65. The largest absolute Gasteiger partial charge is 0.375 e.